The predicted octanol–water partition coefficient (Wildman–Crippen LogP) is 2.77. The first-order valence-corrected chi connectivity index (χ1v) is 8.06. The molecule has 0 aromatic carbocycles. The summed E-state index contributed by atoms with van der Waals surface area (Å²) in [6, 6.07) is 4.37. The van der Waals surface area contributed by atoms with Gasteiger partial charge in [-0.1, -0.05) is 6.07 Å². The van der Waals surface area contributed by atoms with Gasteiger partial charge in [0.1, 0.15) is 0 Å². The molecule has 1 aromatic rings. The smallest absolute Gasteiger partial charge is 0.0677 e. The van der Waals surface area contributed by atoms with Crippen molar-refractivity contribution >= 4 is 11.3 Å². The minimum atomic E-state index is 0.225. The predicted molar refractivity (Wildman–Crippen MR) is 77.5 cm³/mol. The largest absolute Gasteiger partial charge is 0.384 e. The van der Waals surface area contributed by atoms with Crippen LogP contribution in [0.1, 0.15) is 24.1 Å². The van der Waals surface area contributed by atoms with Crippen molar-refractivity contribution in [3.8, 4) is 0 Å². The van der Waals surface area contributed by atoms with E-state index in [2.05, 4.69) is 22.4 Å². The zero-order chi connectivity index (χ0) is 13.1. The molecule has 0 aliphatic carbocycles. The Balaban J connectivity index is 1.69. The molecule has 2 atom stereocenters. The number of hydrogen-bond acceptors (Lipinski definition) is 4. The van der Waals surface area contributed by atoms with Gasteiger partial charge in [-0.2, -0.15) is 0 Å². The molecule has 3 rings (SSSR count). The van der Waals surface area contributed by atoms with Gasteiger partial charge in [-0.15, -0.1) is 11.3 Å². The summed E-state index contributed by atoms with van der Waals surface area (Å²) in [5.41, 5.74) is 0.225. The lowest BCUT2D eigenvalue weighted by Gasteiger charge is -2.50. The zero-order valence-corrected chi connectivity index (χ0v) is 12.5. The summed E-state index contributed by atoms with van der Waals surface area (Å²) in [7, 11) is 1.82. The van der Waals surface area contributed by atoms with E-state index >= 15 is 0 Å². The molecule has 2 aliphatic heterocycles. The molecule has 19 heavy (non-hydrogen) atoms. The lowest BCUT2D eigenvalue weighted by molar-refractivity contribution is -0.149. The maximum Gasteiger partial charge on any atom is 0.0677 e. The third-order valence-corrected chi connectivity index (χ3v) is 5.32. The normalized spacial score (nSPS) is 32.2. The van der Waals surface area contributed by atoms with Gasteiger partial charge in [0.15, 0.2) is 0 Å². The van der Waals surface area contributed by atoms with Crippen LogP contribution < -0.4 is 0 Å². The lowest BCUT2D eigenvalue weighted by Crippen LogP contribution is -2.56. The molecule has 2 fully saturated rings. The Bertz CT molecular complexity index is 391. The molecule has 3 nitrogen and oxygen atoms in total. The van der Waals surface area contributed by atoms with Crippen molar-refractivity contribution in [1.29, 1.82) is 0 Å². The Hall–Kier alpha value is -0.420. The first-order valence-electron chi connectivity index (χ1n) is 7.18. The van der Waals surface area contributed by atoms with E-state index < -0.39 is 0 Å². The van der Waals surface area contributed by atoms with Gasteiger partial charge in [-0.25, -0.2) is 0 Å². The van der Waals surface area contributed by atoms with E-state index in [1.807, 2.05) is 18.4 Å². The van der Waals surface area contributed by atoms with Gasteiger partial charge in [0.05, 0.1) is 12.7 Å². The molecule has 4 heteroatoms. The number of rotatable bonds is 4. The second kappa shape index (κ2) is 5.92. The second-order valence-corrected chi connectivity index (χ2v) is 6.87. The number of piperidine rings is 1. The second-order valence-electron chi connectivity index (χ2n) is 5.84. The van der Waals surface area contributed by atoms with E-state index in [0.29, 0.717) is 6.10 Å². The fourth-order valence-electron chi connectivity index (χ4n) is 3.64. The summed E-state index contributed by atoms with van der Waals surface area (Å²) in [5, 5.41) is 2.16. The summed E-state index contributed by atoms with van der Waals surface area (Å²) in [4.78, 5) is 4.04. The van der Waals surface area contributed by atoms with Crippen LogP contribution in [0.3, 0.4) is 0 Å². The third-order valence-electron chi connectivity index (χ3n) is 4.46. The van der Waals surface area contributed by atoms with E-state index in [1.54, 1.807) is 0 Å². The Morgan fingerprint density at radius 3 is 3.32 bits per heavy atom. The number of likely N-dealkylation sites (tertiary alicyclic amines) is 1. The lowest BCUT2D eigenvalue weighted by atomic mass is 9.73. The van der Waals surface area contributed by atoms with Crippen LogP contribution in [0.5, 0.6) is 0 Å². The molecule has 2 unspecified atom stereocenters. The Kier molecular flexibility index (Phi) is 4.22. The number of ether oxygens (including phenoxy) is 2. The van der Waals surface area contributed by atoms with Gasteiger partial charge < -0.3 is 9.47 Å². The number of thiophene rings is 1. The molecule has 0 saturated carbocycles. The number of nitrogens with zero attached hydrogens (tertiary/aromatic N) is 1. The van der Waals surface area contributed by atoms with Crippen LogP contribution in [0.25, 0.3) is 0 Å². The molecule has 0 spiro atoms. The SMILES string of the molecule is COCC12CCCOC1CCN(Cc1cccs1)C2. The van der Waals surface area contributed by atoms with E-state index in [9.17, 15) is 0 Å². The van der Waals surface area contributed by atoms with Crippen LogP contribution in [0.2, 0.25) is 0 Å². The third kappa shape index (κ3) is 2.87. The van der Waals surface area contributed by atoms with E-state index in [1.165, 1.54) is 17.7 Å². The van der Waals surface area contributed by atoms with Gasteiger partial charge in [-0.3, -0.25) is 4.90 Å². The van der Waals surface area contributed by atoms with Gasteiger partial charge in [0.2, 0.25) is 0 Å². The Morgan fingerprint density at radius 2 is 2.53 bits per heavy atom. The minimum Gasteiger partial charge on any atom is -0.384 e. The van der Waals surface area contributed by atoms with Crippen molar-refractivity contribution in [2.24, 2.45) is 5.41 Å². The summed E-state index contributed by atoms with van der Waals surface area (Å²) in [5.74, 6) is 0. The minimum absolute atomic E-state index is 0.225. The molecule has 1 aromatic heterocycles. The van der Waals surface area contributed by atoms with Crippen molar-refractivity contribution in [1.82, 2.24) is 4.90 Å². The molecular weight excluding hydrogens is 258 g/mol. The molecular formula is C15H23NO2S. The van der Waals surface area contributed by atoms with Crippen molar-refractivity contribution in [2.45, 2.75) is 31.9 Å². The van der Waals surface area contributed by atoms with Gasteiger partial charge in [-0.05, 0) is 30.7 Å². The molecule has 0 radical (unpaired) electrons. The number of methoxy groups -OCH3 is 1. The van der Waals surface area contributed by atoms with Crippen molar-refractivity contribution in [3.63, 3.8) is 0 Å². The Labute approximate surface area is 119 Å². The van der Waals surface area contributed by atoms with Gasteiger partial charge in [0.25, 0.3) is 0 Å². The number of fused-ring (bicyclic) bond motifs is 1. The van der Waals surface area contributed by atoms with Crippen LogP contribution in [0, 0.1) is 5.41 Å². The van der Waals surface area contributed by atoms with Crippen LogP contribution >= 0.6 is 11.3 Å². The van der Waals surface area contributed by atoms with E-state index in [4.69, 9.17) is 9.47 Å². The molecule has 2 saturated heterocycles. The quantitative estimate of drug-likeness (QED) is 0.847. The molecule has 0 N–H and O–H groups in total. The molecule has 2 aliphatic rings. The van der Waals surface area contributed by atoms with Crippen LogP contribution in [0.4, 0.5) is 0 Å². The monoisotopic (exact) mass is 281 g/mol. The molecule has 3 heterocycles. The van der Waals surface area contributed by atoms with Crippen molar-refractivity contribution in [2.75, 3.05) is 33.4 Å². The first-order chi connectivity index (χ1) is 9.32. The summed E-state index contributed by atoms with van der Waals surface area (Å²) < 4.78 is 11.5. The summed E-state index contributed by atoms with van der Waals surface area (Å²) >= 11 is 1.85. The summed E-state index contributed by atoms with van der Waals surface area (Å²) in [6.07, 6.45) is 3.97. The topological polar surface area (TPSA) is 21.7 Å². The zero-order valence-electron chi connectivity index (χ0n) is 11.6. The fourth-order valence-corrected chi connectivity index (χ4v) is 4.38. The average molecular weight is 281 g/mol. The fraction of sp³-hybridized carbons (Fsp3) is 0.733. The Morgan fingerprint density at radius 1 is 1.58 bits per heavy atom. The standard InChI is InChI=1S/C15H23NO2S/c1-17-12-15-6-3-8-18-14(15)5-7-16(11-15)10-13-4-2-9-19-13/h2,4,9,14H,3,5-8,10-12H2,1H3. The van der Waals surface area contributed by atoms with E-state index in [0.717, 1.165) is 39.3 Å². The molecule has 0 bridgehead atoms. The van der Waals surface area contributed by atoms with Crippen molar-refractivity contribution < 1.29 is 9.47 Å². The van der Waals surface area contributed by atoms with Gasteiger partial charge >= 0.3 is 0 Å². The molecule has 0 amide bonds. The van der Waals surface area contributed by atoms with Crippen LogP contribution in [-0.2, 0) is 16.0 Å². The maximum atomic E-state index is 6.02. The van der Waals surface area contributed by atoms with E-state index in [-0.39, 0.29) is 5.41 Å². The van der Waals surface area contributed by atoms with Crippen LogP contribution in [0.15, 0.2) is 17.5 Å². The average Bonchev–Trinajstić information content (AvgIpc) is 2.91. The highest BCUT2D eigenvalue weighted by Crippen LogP contribution is 2.40. The van der Waals surface area contributed by atoms with Crippen molar-refractivity contribution in [3.05, 3.63) is 22.4 Å². The highest BCUT2D eigenvalue weighted by molar-refractivity contribution is 7.09. The maximum absolute atomic E-state index is 6.02. The summed E-state index contributed by atoms with van der Waals surface area (Å²) in [6.45, 7) is 5.10. The first kappa shape index (κ1) is 13.6. The number of hydrogen-bond donors (Lipinski definition) is 0. The van der Waals surface area contributed by atoms with Gasteiger partial charge in [0, 0.05) is 43.6 Å². The highest BCUT2D eigenvalue weighted by Gasteiger charge is 2.45. The van der Waals surface area contributed by atoms with Crippen LogP contribution in [-0.4, -0.2) is 44.4 Å². The highest BCUT2D eigenvalue weighted by atomic mass is 32.1. The molecule has 106 valence electrons.